The molecule has 1 amide bonds. The number of pyridine rings is 1. The number of amides is 1. The Balaban J connectivity index is 1.74. The van der Waals surface area contributed by atoms with Crippen LogP contribution in [0.15, 0.2) is 54.7 Å². The third-order valence-corrected chi connectivity index (χ3v) is 3.59. The number of hydrogen-bond donors (Lipinski definition) is 1. The van der Waals surface area contributed by atoms with Crippen molar-refractivity contribution in [3.63, 3.8) is 0 Å². The van der Waals surface area contributed by atoms with Crippen molar-refractivity contribution in [2.24, 2.45) is 0 Å². The van der Waals surface area contributed by atoms with Crippen LogP contribution in [0.5, 0.6) is 11.5 Å². The molecule has 0 aliphatic heterocycles. The van der Waals surface area contributed by atoms with Crippen LogP contribution >= 0.6 is 0 Å². The molecule has 1 N–H and O–H groups in total. The normalized spacial score (nSPS) is 10.4. The number of aryl methyl sites for hydroxylation is 1. The Morgan fingerprint density at radius 2 is 2.04 bits per heavy atom. The number of carbonyl (C=O) groups excluding carboxylic acids is 1. The predicted molar refractivity (Wildman–Crippen MR) is 93.6 cm³/mol. The quantitative estimate of drug-likeness (QED) is 0.780. The van der Waals surface area contributed by atoms with Gasteiger partial charge in [-0.2, -0.15) is 0 Å². The summed E-state index contributed by atoms with van der Waals surface area (Å²) in [6.07, 6.45) is 1.69. The molecular weight excluding hydrogens is 304 g/mol. The van der Waals surface area contributed by atoms with Gasteiger partial charge in [0.1, 0.15) is 17.0 Å². The monoisotopic (exact) mass is 322 g/mol. The summed E-state index contributed by atoms with van der Waals surface area (Å²) in [5, 5.41) is 3.68. The van der Waals surface area contributed by atoms with Gasteiger partial charge in [-0.3, -0.25) is 9.78 Å². The molecule has 24 heavy (non-hydrogen) atoms. The first kappa shape index (κ1) is 15.8. The van der Waals surface area contributed by atoms with Gasteiger partial charge in [0, 0.05) is 11.6 Å². The van der Waals surface area contributed by atoms with Crippen molar-refractivity contribution in [3.05, 3.63) is 60.3 Å². The minimum atomic E-state index is -0.230. The van der Waals surface area contributed by atoms with E-state index in [1.807, 2.05) is 43.3 Å². The van der Waals surface area contributed by atoms with E-state index in [0.717, 1.165) is 10.9 Å². The molecular formula is C19H18N2O3. The molecule has 0 aliphatic rings. The molecule has 5 heteroatoms. The molecule has 122 valence electrons. The number of nitrogens with one attached hydrogen (secondary N) is 1. The zero-order valence-electron chi connectivity index (χ0n) is 13.6. The van der Waals surface area contributed by atoms with Crippen LogP contribution in [0.2, 0.25) is 0 Å². The van der Waals surface area contributed by atoms with Gasteiger partial charge >= 0.3 is 0 Å². The fraction of sp³-hybridized carbons (Fsp3) is 0.158. The Labute approximate surface area is 140 Å². The largest absolute Gasteiger partial charge is 0.494 e. The van der Waals surface area contributed by atoms with E-state index in [1.54, 1.807) is 25.4 Å². The molecule has 0 radical (unpaired) electrons. The summed E-state index contributed by atoms with van der Waals surface area (Å²) < 4.78 is 10.8. The smallest absolute Gasteiger partial charge is 0.262 e. The summed E-state index contributed by atoms with van der Waals surface area (Å²) in [5.74, 6) is 1.11. The average molecular weight is 322 g/mol. The summed E-state index contributed by atoms with van der Waals surface area (Å²) in [6.45, 7) is 1.92. The molecule has 0 fully saturated rings. The number of anilines is 1. The molecule has 0 bridgehead atoms. The van der Waals surface area contributed by atoms with Crippen molar-refractivity contribution in [1.29, 1.82) is 0 Å². The zero-order chi connectivity index (χ0) is 16.9. The molecule has 2 aromatic carbocycles. The van der Waals surface area contributed by atoms with E-state index < -0.39 is 0 Å². The maximum Gasteiger partial charge on any atom is 0.262 e. The maximum atomic E-state index is 12.2. The van der Waals surface area contributed by atoms with Crippen LogP contribution in [0.1, 0.15) is 5.56 Å². The number of nitrogens with zero attached hydrogens (tertiary/aromatic N) is 1. The Morgan fingerprint density at radius 1 is 1.17 bits per heavy atom. The van der Waals surface area contributed by atoms with Crippen molar-refractivity contribution in [2.75, 3.05) is 19.0 Å². The van der Waals surface area contributed by atoms with Crippen LogP contribution in [0.3, 0.4) is 0 Å². The topological polar surface area (TPSA) is 60.5 Å². The number of benzene rings is 2. The lowest BCUT2D eigenvalue weighted by atomic mass is 10.1. The number of carbonyl (C=O) groups is 1. The molecule has 0 unspecified atom stereocenters. The molecule has 5 nitrogen and oxygen atoms in total. The lowest BCUT2D eigenvalue weighted by Crippen LogP contribution is -2.20. The van der Waals surface area contributed by atoms with Crippen LogP contribution in [-0.2, 0) is 4.79 Å². The van der Waals surface area contributed by atoms with Gasteiger partial charge in [0.25, 0.3) is 5.91 Å². The van der Waals surface area contributed by atoms with Crippen LogP contribution in [0.25, 0.3) is 10.9 Å². The van der Waals surface area contributed by atoms with Crippen molar-refractivity contribution < 1.29 is 14.3 Å². The second kappa shape index (κ2) is 7.00. The van der Waals surface area contributed by atoms with Gasteiger partial charge in [0.2, 0.25) is 0 Å². The fourth-order valence-electron chi connectivity index (χ4n) is 2.46. The lowest BCUT2D eigenvalue weighted by molar-refractivity contribution is -0.118. The second-order valence-electron chi connectivity index (χ2n) is 5.37. The van der Waals surface area contributed by atoms with Gasteiger partial charge < -0.3 is 14.8 Å². The first-order valence-corrected chi connectivity index (χ1v) is 7.58. The summed E-state index contributed by atoms with van der Waals surface area (Å²) in [7, 11) is 1.59. The Hall–Kier alpha value is -3.08. The molecule has 0 atom stereocenters. The number of methoxy groups -OCH3 is 1. The van der Waals surface area contributed by atoms with E-state index in [4.69, 9.17) is 9.47 Å². The van der Waals surface area contributed by atoms with E-state index in [2.05, 4.69) is 10.3 Å². The van der Waals surface area contributed by atoms with Crippen molar-refractivity contribution in [2.45, 2.75) is 6.92 Å². The molecule has 0 saturated heterocycles. The molecule has 3 aromatic rings. The summed E-state index contributed by atoms with van der Waals surface area (Å²) in [5.41, 5.74) is 2.47. The Kier molecular flexibility index (Phi) is 4.61. The van der Waals surface area contributed by atoms with Gasteiger partial charge in [-0.25, -0.2) is 0 Å². The molecule has 0 aliphatic carbocycles. The Morgan fingerprint density at radius 3 is 2.83 bits per heavy atom. The summed E-state index contributed by atoms with van der Waals surface area (Å²) >= 11 is 0. The van der Waals surface area contributed by atoms with Gasteiger partial charge in [0.15, 0.2) is 6.61 Å². The molecule has 3 rings (SSSR count). The predicted octanol–water partition coefficient (Wildman–Crippen LogP) is 3.57. The maximum absolute atomic E-state index is 12.2. The standard InChI is InChI=1S/C19H18N2O3/c1-13-5-3-6-14(11-13)24-12-18(22)21-16-8-9-17(23-2)19-15(16)7-4-10-20-19/h3-11H,12H2,1-2H3,(H,21,22). The summed E-state index contributed by atoms with van der Waals surface area (Å²) in [4.78, 5) is 16.5. The summed E-state index contributed by atoms with van der Waals surface area (Å²) in [6, 6.07) is 14.9. The highest BCUT2D eigenvalue weighted by molar-refractivity contribution is 6.03. The highest BCUT2D eigenvalue weighted by atomic mass is 16.5. The van der Waals surface area contributed by atoms with Crippen molar-refractivity contribution in [1.82, 2.24) is 4.98 Å². The molecule has 0 spiro atoms. The minimum Gasteiger partial charge on any atom is -0.494 e. The number of rotatable bonds is 5. The van der Waals surface area contributed by atoms with Gasteiger partial charge in [-0.15, -0.1) is 0 Å². The third-order valence-electron chi connectivity index (χ3n) is 3.59. The van der Waals surface area contributed by atoms with E-state index in [9.17, 15) is 4.79 Å². The highest BCUT2D eigenvalue weighted by Gasteiger charge is 2.10. The molecule has 1 aromatic heterocycles. The van der Waals surface area contributed by atoms with Gasteiger partial charge in [0.05, 0.1) is 12.8 Å². The van der Waals surface area contributed by atoms with E-state index in [0.29, 0.717) is 22.7 Å². The van der Waals surface area contributed by atoms with E-state index in [1.165, 1.54) is 0 Å². The lowest BCUT2D eigenvalue weighted by Gasteiger charge is -2.11. The number of fused-ring (bicyclic) bond motifs is 1. The first-order valence-electron chi connectivity index (χ1n) is 7.58. The highest BCUT2D eigenvalue weighted by Crippen LogP contribution is 2.29. The average Bonchev–Trinajstić information content (AvgIpc) is 2.60. The van der Waals surface area contributed by atoms with Crippen molar-refractivity contribution >= 4 is 22.5 Å². The van der Waals surface area contributed by atoms with Gasteiger partial charge in [-0.1, -0.05) is 12.1 Å². The van der Waals surface area contributed by atoms with E-state index in [-0.39, 0.29) is 12.5 Å². The first-order chi connectivity index (χ1) is 11.7. The van der Waals surface area contributed by atoms with Crippen LogP contribution in [-0.4, -0.2) is 24.6 Å². The van der Waals surface area contributed by atoms with Crippen LogP contribution in [0, 0.1) is 6.92 Å². The van der Waals surface area contributed by atoms with Crippen molar-refractivity contribution in [3.8, 4) is 11.5 Å². The van der Waals surface area contributed by atoms with Crippen LogP contribution in [0.4, 0.5) is 5.69 Å². The SMILES string of the molecule is COc1ccc(NC(=O)COc2cccc(C)c2)c2cccnc12. The fourth-order valence-corrected chi connectivity index (χ4v) is 2.46. The molecule has 0 saturated carbocycles. The Bertz CT molecular complexity index is 877. The van der Waals surface area contributed by atoms with E-state index >= 15 is 0 Å². The number of hydrogen-bond acceptors (Lipinski definition) is 4. The van der Waals surface area contributed by atoms with Crippen LogP contribution < -0.4 is 14.8 Å². The van der Waals surface area contributed by atoms with Gasteiger partial charge in [-0.05, 0) is 48.9 Å². The number of aromatic nitrogens is 1. The molecule has 1 heterocycles. The second-order valence-corrected chi connectivity index (χ2v) is 5.37. The minimum absolute atomic E-state index is 0.0583. The zero-order valence-corrected chi connectivity index (χ0v) is 13.6. The third kappa shape index (κ3) is 3.46. The number of ether oxygens (including phenoxy) is 2.